The second-order valence-corrected chi connectivity index (χ2v) is 6.98. The van der Waals surface area contributed by atoms with Gasteiger partial charge in [-0.05, 0) is 28.8 Å². The summed E-state index contributed by atoms with van der Waals surface area (Å²) in [5.41, 5.74) is 1.39. The minimum Gasteiger partial charge on any atom is -0.481 e. The van der Waals surface area contributed by atoms with E-state index in [0.717, 1.165) is 16.3 Å². The van der Waals surface area contributed by atoms with Crippen LogP contribution >= 0.6 is 0 Å². The molecule has 0 fully saturated rings. The third kappa shape index (κ3) is 4.37. The third-order valence-corrected chi connectivity index (χ3v) is 4.62. The maximum Gasteiger partial charge on any atom is 0.308 e. The van der Waals surface area contributed by atoms with Gasteiger partial charge in [0, 0.05) is 12.5 Å². The van der Waals surface area contributed by atoms with E-state index in [1.807, 2.05) is 56.3 Å². The summed E-state index contributed by atoms with van der Waals surface area (Å²) < 4.78 is 5.36. The third-order valence-electron chi connectivity index (χ3n) is 4.62. The van der Waals surface area contributed by atoms with Crippen LogP contribution in [0.15, 0.2) is 59.2 Å². The molecule has 0 aliphatic heterocycles. The summed E-state index contributed by atoms with van der Waals surface area (Å²) in [6.45, 7) is 3.94. The number of hydrogen-bond acceptors (Lipinski definition) is 3. The van der Waals surface area contributed by atoms with Crippen LogP contribution in [-0.2, 0) is 11.2 Å². The van der Waals surface area contributed by atoms with Gasteiger partial charge in [-0.15, -0.1) is 0 Å². The fourth-order valence-corrected chi connectivity index (χ4v) is 3.16. The van der Waals surface area contributed by atoms with Gasteiger partial charge in [0.25, 0.3) is 5.91 Å². The molecule has 2 N–H and O–H groups in total. The van der Waals surface area contributed by atoms with Crippen molar-refractivity contribution in [1.29, 1.82) is 0 Å². The van der Waals surface area contributed by atoms with Gasteiger partial charge in [0.1, 0.15) is 5.76 Å². The molecule has 0 bridgehead atoms. The van der Waals surface area contributed by atoms with Crippen molar-refractivity contribution >= 4 is 22.6 Å². The average Bonchev–Trinajstić information content (AvgIpc) is 3.14. The quantitative estimate of drug-likeness (QED) is 0.657. The van der Waals surface area contributed by atoms with Gasteiger partial charge in [-0.2, -0.15) is 0 Å². The second kappa shape index (κ2) is 8.08. The topological polar surface area (TPSA) is 79.5 Å². The lowest BCUT2D eigenvalue weighted by Crippen LogP contribution is -2.34. The van der Waals surface area contributed by atoms with E-state index in [1.165, 1.54) is 6.26 Å². The Kier molecular flexibility index (Phi) is 5.60. The second-order valence-electron chi connectivity index (χ2n) is 6.98. The number of furan rings is 1. The first kappa shape index (κ1) is 18.7. The van der Waals surface area contributed by atoms with Crippen LogP contribution in [0.1, 0.15) is 41.4 Å². The van der Waals surface area contributed by atoms with Crippen molar-refractivity contribution < 1.29 is 19.1 Å². The zero-order valence-corrected chi connectivity index (χ0v) is 15.4. The fraction of sp³-hybridized carbons (Fsp3) is 0.273. The van der Waals surface area contributed by atoms with Crippen LogP contribution in [0.5, 0.6) is 0 Å². The van der Waals surface area contributed by atoms with E-state index in [-0.39, 0.29) is 18.4 Å². The highest BCUT2D eigenvalue weighted by molar-refractivity contribution is 5.95. The van der Waals surface area contributed by atoms with Crippen LogP contribution in [0.2, 0.25) is 0 Å². The van der Waals surface area contributed by atoms with Crippen molar-refractivity contribution in [2.45, 2.75) is 26.2 Å². The van der Waals surface area contributed by atoms with Gasteiger partial charge in [0.05, 0.1) is 17.7 Å². The normalized spacial score (nSPS) is 12.3. The average molecular weight is 365 g/mol. The first-order valence-corrected chi connectivity index (χ1v) is 9.01. The van der Waals surface area contributed by atoms with E-state index < -0.39 is 11.9 Å². The number of amides is 1. The predicted octanol–water partition coefficient (Wildman–Crippen LogP) is 4.23. The van der Waals surface area contributed by atoms with Crippen molar-refractivity contribution in [2.75, 3.05) is 6.54 Å². The maximum atomic E-state index is 12.4. The highest BCUT2D eigenvalue weighted by atomic mass is 16.4. The highest BCUT2D eigenvalue weighted by Crippen LogP contribution is 2.21. The van der Waals surface area contributed by atoms with Gasteiger partial charge in [0.15, 0.2) is 0 Å². The van der Waals surface area contributed by atoms with Crippen molar-refractivity contribution in [2.24, 2.45) is 5.92 Å². The van der Waals surface area contributed by atoms with Gasteiger partial charge in [0.2, 0.25) is 0 Å². The van der Waals surface area contributed by atoms with Gasteiger partial charge in [-0.25, -0.2) is 0 Å². The Hall–Kier alpha value is -3.08. The molecule has 0 aliphatic carbocycles. The molecule has 0 spiro atoms. The van der Waals surface area contributed by atoms with Crippen LogP contribution < -0.4 is 5.32 Å². The van der Waals surface area contributed by atoms with E-state index in [2.05, 4.69) is 5.32 Å². The Morgan fingerprint density at radius 3 is 2.52 bits per heavy atom. The Morgan fingerprint density at radius 2 is 1.81 bits per heavy atom. The lowest BCUT2D eigenvalue weighted by atomic mass is 9.97. The number of carbonyl (C=O) groups excluding carboxylic acids is 1. The largest absolute Gasteiger partial charge is 0.481 e. The fourth-order valence-electron chi connectivity index (χ4n) is 3.16. The van der Waals surface area contributed by atoms with Gasteiger partial charge in [-0.1, -0.05) is 56.3 Å². The van der Waals surface area contributed by atoms with E-state index >= 15 is 0 Å². The number of carboxylic acid groups (broad SMARTS) is 1. The molecule has 1 unspecified atom stereocenters. The summed E-state index contributed by atoms with van der Waals surface area (Å²) in [5.74, 6) is -1.26. The molecule has 0 saturated heterocycles. The molecule has 0 saturated carbocycles. The van der Waals surface area contributed by atoms with Crippen molar-refractivity contribution in [1.82, 2.24) is 5.32 Å². The standard InChI is InChI=1S/C22H23NO4/c1-14(2)20-19(9-10-27-20)21(24)23-13-18(22(25)26)12-15-7-8-16-5-3-4-6-17(16)11-15/h3-11,14,18H,12-13H2,1-2H3,(H,23,24)(H,25,26). The molecular weight excluding hydrogens is 342 g/mol. The monoisotopic (exact) mass is 365 g/mol. The molecule has 3 aromatic rings. The number of nitrogens with one attached hydrogen (secondary N) is 1. The Morgan fingerprint density at radius 1 is 1.07 bits per heavy atom. The molecule has 0 radical (unpaired) electrons. The molecule has 3 rings (SSSR count). The van der Waals surface area contributed by atoms with Gasteiger partial charge >= 0.3 is 5.97 Å². The Balaban J connectivity index is 1.69. The molecule has 1 heterocycles. The Bertz CT molecular complexity index is 958. The molecule has 5 heteroatoms. The molecule has 1 amide bonds. The van der Waals surface area contributed by atoms with Crippen molar-refractivity contribution in [3.63, 3.8) is 0 Å². The van der Waals surface area contributed by atoms with Crippen LogP contribution in [0.3, 0.4) is 0 Å². The number of carbonyl (C=O) groups is 2. The van der Waals surface area contributed by atoms with Crippen molar-refractivity contribution in [3.05, 3.63) is 71.7 Å². The maximum absolute atomic E-state index is 12.4. The number of rotatable bonds is 7. The van der Waals surface area contributed by atoms with Crippen LogP contribution in [-0.4, -0.2) is 23.5 Å². The Labute approximate surface area is 158 Å². The van der Waals surface area contributed by atoms with Gasteiger partial charge in [-0.3, -0.25) is 9.59 Å². The van der Waals surface area contributed by atoms with E-state index in [9.17, 15) is 14.7 Å². The van der Waals surface area contributed by atoms with E-state index in [4.69, 9.17) is 4.42 Å². The van der Waals surface area contributed by atoms with Crippen LogP contribution in [0.25, 0.3) is 10.8 Å². The number of benzene rings is 2. The van der Waals surface area contributed by atoms with E-state index in [0.29, 0.717) is 17.7 Å². The van der Waals surface area contributed by atoms with Gasteiger partial charge < -0.3 is 14.8 Å². The zero-order chi connectivity index (χ0) is 19.4. The lowest BCUT2D eigenvalue weighted by Gasteiger charge is -2.14. The van der Waals surface area contributed by atoms with Crippen LogP contribution in [0.4, 0.5) is 0 Å². The number of aliphatic carboxylic acids is 1. The smallest absolute Gasteiger partial charge is 0.308 e. The molecule has 2 aromatic carbocycles. The summed E-state index contributed by atoms with van der Waals surface area (Å²) in [6.07, 6.45) is 1.83. The summed E-state index contributed by atoms with van der Waals surface area (Å²) in [6, 6.07) is 15.5. The number of fused-ring (bicyclic) bond motifs is 1. The SMILES string of the molecule is CC(C)c1occc1C(=O)NCC(Cc1ccc2ccccc2c1)C(=O)O. The van der Waals surface area contributed by atoms with Crippen molar-refractivity contribution in [3.8, 4) is 0 Å². The summed E-state index contributed by atoms with van der Waals surface area (Å²) >= 11 is 0. The molecule has 0 aliphatic rings. The number of hydrogen-bond donors (Lipinski definition) is 2. The minimum absolute atomic E-state index is 0.0592. The predicted molar refractivity (Wildman–Crippen MR) is 104 cm³/mol. The lowest BCUT2D eigenvalue weighted by molar-refractivity contribution is -0.141. The first-order chi connectivity index (χ1) is 13.0. The first-order valence-electron chi connectivity index (χ1n) is 9.01. The molecule has 140 valence electrons. The molecule has 1 atom stereocenters. The minimum atomic E-state index is -0.931. The summed E-state index contributed by atoms with van der Waals surface area (Å²) in [7, 11) is 0. The van der Waals surface area contributed by atoms with Crippen LogP contribution in [0, 0.1) is 5.92 Å². The van der Waals surface area contributed by atoms with E-state index in [1.54, 1.807) is 6.07 Å². The molecule has 1 aromatic heterocycles. The zero-order valence-electron chi connectivity index (χ0n) is 15.4. The molecular formula is C22H23NO4. The number of carboxylic acids is 1. The molecule has 27 heavy (non-hydrogen) atoms. The highest BCUT2D eigenvalue weighted by Gasteiger charge is 2.22. The molecule has 5 nitrogen and oxygen atoms in total. The summed E-state index contributed by atoms with van der Waals surface area (Å²) in [4.78, 5) is 24.1. The summed E-state index contributed by atoms with van der Waals surface area (Å²) in [5, 5.41) is 14.5.